The summed E-state index contributed by atoms with van der Waals surface area (Å²) in [4.78, 5) is 10.9. The number of aromatic amines is 1. The van der Waals surface area contributed by atoms with Crippen molar-refractivity contribution in [1.29, 1.82) is 0 Å². The Morgan fingerprint density at radius 3 is 2.90 bits per heavy atom. The van der Waals surface area contributed by atoms with E-state index in [4.69, 9.17) is 4.98 Å². The predicted molar refractivity (Wildman–Crippen MR) is 90.6 cm³/mol. The number of fused-ring (bicyclic) bond motifs is 1. The zero-order valence-electron chi connectivity index (χ0n) is 12.8. The molecule has 1 aromatic carbocycles. The zero-order valence-corrected chi connectivity index (χ0v) is 13.6. The summed E-state index contributed by atoms with van der Waals surface area (Å²) < 4.78 is 0. The second-order valence-electron chi connectivity index (χ2n) is 5.61. The lowest BCUT2D eigenvalue weighted by atomic mass is 10.1. The number of hydrogen-bond acceptors (Lipinski definition) is 3. The average molecular weight is 301 g/mol. The van der Waals surface area contributed by atoms with Gasteiger partial charge in [-0.15, -0.1) is 0 Å². The number of imidazole rings is 1. The molecule has 0 fully saturated rings. The Morgan fingerprint density at radius 2 is 2.14 bits per heavy atom. The summed E-state index contributed by atoms with van der Waals surface area (Å²) in [5.74, 6) is 3.43. The van der Waals surface area contributed by atoms with E-state index in [1.165, 1.54) is 28.5 Å². The van der Waals surface area contributed by atoms with Crippen molar-refractivity contribution in [1.82, 2.24) is 14.9 Å². The van der Waals surface area contributed by atoms with E-state index in [1.807, 2.05) is 17.8 Å². The minimum atomic E-state index is 0.631. The van der Waals surface area contributed by atoms with Crippen molar-refractivity contribution in [2.75, 3.05) is 18.1 Å². The smallest absolute Gasteiger partial charge is 0.137 e. The van der Waals surface area contributed by atoms with Gasteiger partial charge in [0.25, 0.3) is 0 Å². The number of H-pyrrole nitrogens is 1. The van der Waals surface area contributed by atoms with Crippen molar-refractivity contribution in [3.8, 4) is 11.4 Å². The molecule has 1 aliphatic rings. The monoisotopic (exact) mass is 301 g/mol. The molecule has 0 saturated heterocycles. The Balaban J connectivity index is 1.73. The molecule has 1 unspecified atom stereocenters. The molecule has 0 aliphatic carbocycles. The summed E-state index contributed by atoms with van der Waals surface area (Å²) in [5, 5.41) is 0. The molecule has 0 radical (unpaired) electrons. The minimum Gasteiger partial charge on any atom is -0.341 e. The van der Waals surface area contributed by atoms with Gasteiger partial charge in [-0.3, -0.25) is 4.90 Å². The molecule has 0 saturated carbocycles. The molecule has 3 rings (SSSR count). The van der Waals surface area contributed by atoms with Crippen LogP contribution in [0.3, 0.4) is 0 Å². The van der Waals surface area contributed by atoms with Crippen LogP contribution in [0.2, 0.25) is 0 Å². The first-order chi connectivity index (χ1) is 10.3. The maximum absolute atomic E-state index is 4.79. The van der Waals surface area contributed by atoms with Crippen molar-refractivity contribution < 1.29 is 0 Å². The van der Waals surface area contributed by atoms with Gasteiger partial charge in [0.1, 0.15) is 5.82 Å². The Hall–Kier alpha value is -1.26. The van der Waals surface area contributed by atoms with E-state index in [0.717, 1.165) is 25.3 Å². The number of rotatable bonds is 5. The van der Waals surface area contributed by atoms with Crippen molar-refractivity contribution in [2.45, 2.75) is 32.9 Å². The largest absolute Gasteiger partial charge is 0.341 e. The van der Waals surface area contributed by atoms with Crippen LogP contribution in [0.25, 0.3) is 11.4 Å². The van der Waals surface area contributed by atoms with E-state index in [0.29, 0.717) is 6.04 Å². The third kappa shape index (κ3) is 3.33. The fraction of sp³-hybridized carbons (Fsp3) is 0.471. The molecular weight excluding hydrogens is 278 g/mol. The fourth-order valence-electron chi connectivity index (χ4n) is 2.82. The summed E-state index contributed by atoms with van der Waals surface area (Å²) >= 11 is 2.03. The van der Waals surface area contributed by atoms with Crippen LogP contribution in [0.15, 0.2) is 30.3 Å². The third-order valence-electron chi connectivity index (χ3n) is 4.10. The van der Waals surface area contributed by atoms with Crippen LogP contribution < -0.4 is 0 Å². The van der Waals surface area contributed by atoms with Gasteiger partial charge in [0.05, 0.1) is 11.4 Å². The van der Waals surface area contributed by atoms with Crippen LogP contribution in [0.5, 0.6) is 0 Å². The number of thioether (sulfide) groups is 1. The number of benzene rings is 1. The van der Waals surface area contributed by atoms with Gasteiger partial charge >= 0.3 is 0 Å². The minimum absolute atomic E-state index is 0.631. The number of aromatic nitrogens is 2. The summed E-state index contributed by atoms with van der Waals surface area (Å²) in [6.07, 6.45) is 1.06. The first-order valence-electron chi connectivity index (χ1n) is 7.73. The molecule has 2 aromatic rings. The standard InChI is InChI=1S/C17H23N3S/c1-3-21-12-13(2)20-10-9-15-16(11-20)19-17(18-15)14-7-5-4-6-8-14/h4-8,13H,3,9-12H2,1-2H3,(H,18,19). The molecular formula is C17H23N3S. The summed E-state index contributed by atoms with van der Waals surface area (Å²) in [5.41, 5.74) is 3.72. The summed E-state index contributed by atoms with van der Waals surface area (Å²) in [7, 11) is 0. The van der Waals surface area contributed by atoms with Gasteiger partial charge in [0.2, 0.25) is 0 Å². The quantitative estimate of drug-likeness (QED) is 0.916. The van der Waals surface area contributed by atoms with Crippen LogP contribution in [0.4, 0.5) is 0 Å². The Kier molecular flexibility index (Phi) is 4.66. The van der Waals surface area contributed by atoms with Gasteiger partial charge in [0, 0.05) is 36.9 Å². The highest BCUT2D eigenvalue weighted by molar-refractivity contribution is 7.99. The molecule has 2 heterocycles. The Morgan fingerprint density at radius 1 is 1.33 bits per heavy atom. The molecule has 112 valence electrons. The van der Waals surface area contributed by atoms with Gasteiger partial charge in [-0.1, -0.05) is 37.3 Å². The lowest BCUT2D eigenvalue weighted by Crippen LogP contribution is -2.39. The normalized spacial score (nSPS) is 16.7. The van der Waals surface area contributed by atoms with Gasteiger partial charge in [-0.2, -0.15) is 11.8 Å². The first-order valence-corrected chi connectivity index (χ1v) is 8.88. The average Bonchev–Trinajstić information content (AvgIpc) is 2.96. The number of nitrogens with one attached hydrogen (secondary N) is 1. The van der Waals surface area contributed by atoms with E-state index >= 15 is 0 Å². The maximum Gasteiger partial charge on any atom is 0.137 e. The van der Waals surface area contributed by atoms with Crippen LogP contribution in [0.1, 0.15) is 25.2 Å². The van der Waals surface area contributed by atoms with Crippen LogP contribution >= 0.6 is 11.8 Å². The number of hydrogen-bond donors (Lipinski definition) is 1. The van der Waals surface area contributed by atoms with Crippen molar-refractivity contribution in [2.24, 2.45) is 0 Å². The second kappa shape index (κ2) is 6.67. The molecule has 1 N–H and O–H groups in total. The molecule has 0 spiro atoms. The fourth-order valence-corrected chi connectivity index (χ4v) is 3.61. The Bertz CT molecular complexity index is 579. The van der Waals surface area contributed by atoms with E-state index in [1.54, 1.807) is 0 Å². The van der Waals surface area contributed by atoms with E-state index < -0.39 is 0 Å². The lowest BCUT2D eigenvalue weighted by Gasteiger charge is -2.31. The molecule has 1 aromatic heterocycles. The molecule has 21 heavy (non-hydrogen) atoms. The zero-order chi connectivity index (χ0) is 14.7. The van der Waals surface area contributed by atoms with Crippen LogP contribution in [0, 0.1) is 0 Å². The van der Waals surface area contributed by atoms with Crippen LogP contribution in [-0.2, 0) is 13.0 Å². The van der Waals surface area contributed by atoms with Gasteiger partial charge in [-0.25, -0.2) is 4.98 Å². The highest BCUT2D eigenvalue weighted by Gasteiger charge is 2.23. The highest BCUT2D eigenvalue weighted by Crippen LogP contribution is 2.24. The highest BCUT2D eigenvalue weighted by atomic mass is 32.2. The third-order valence-corrected chi connectivity index (χ3v) is 5.22. The summed E-state index contributed by atoms with van der Waals surface area (Å²) in [6, 6.07) is 11.0. The maximum atomic E-state index is 4.79. The van der Waals surface area contributed by atoms with Crippen LogP contribution in [-0.4, -0.2) is 39.0 Å². The van der Waals surface area contributed by atoms with Crippen molar-refractivity contribution in [3.63, 3.8) is 0 Å². The molecule has 0 bridgehead atoms. The van der Waals surface area contributed by atoms with Gasteiger partial charge in [0.15, 0.2) is 0 Å². The lowest BCUT2D eigenvalue weighted by molar-refractivity contribution is 0.203. The molecule has 1 atom stereocenters. The first kappa shape index (κ1) is 14.7. The SMILES string of the molecule is CCSCC(C)N1CCc2nc(-c3ccccc3)[nH]c2C1. The van der Waals surface area contributed by atoms with E-state index in [-0.39, 0.29) is 0 Å². The topological polar surface area (TPSA) is 31.9 Å². The van der Waals surface area contributed by atoms with E-state index in [2.05, 4.69) is 48.0 Å². The van der Waals surface area contributed by atoms with Gasteiger partial charge in [-0.05, 0) is 12.7 Å². The molecule has 0 amide bonds. The van der Waals surface area contributed by atoms with Crippen molar-refractivity contribution >= 4 is 11.8 Å². The number of nitrogens with zero attached hydrogens (tertiary/aromatic N) is 2. The molecule has 3 nitrogen and oxygen atoms in total. The Labute approximate surface area is 131 Å². The predicted octanol–water partition coefficient (Wildman–Crippen LogP) is 3.58. The molecule has 4 heteroatoms. The molecule has 1 aliphatic heterocycles. The summed E-state index contributed by atoms with van der Waals surface area (Å²) in [6.45, 7) is 6.69. The second-order valence-corrected chi connectivity index (χ2v) is 6.92. The van der Waals surface area contributed by atoms with Crippen molar-refractivity contribution in [3.05, 3.63) is 41.7 Å². The van der Waals surface area contributed by atoms with Gasteiger partial charge < -0.3 is 4.98 Å². The van der Waals surface area contributed by atoms with E-state index in [9.17, 15) is 0 Å².